The van der Waals surface area contributed by atoms with Crippen molar-refractivity contribution < 1.29 is 5.11 Å². The third-order valence-corrected chi connectivity index (χ3v) is 6.27. The van der Waals surface area contributed by atoms with Gasteiger partial charge in [0.05, 0.1) is 15.9 Å². The highest BCUT2D eigenvalue weighted by Gasteiger charge is 2.19. The first kappa shape index (κ1) is 22.2. The molecule has 0 unspecified atom stereocenters. The van der Waals surface area contributed by atoms with E-state index in [1.54, 1.807) is 6.07 Å². The third kappa shape index (κ3) is 4.46. The van der Waals surface area contributed by atoms with E-state index in [1.807, 2.05) is 33.3 Å². The predicted molar refractivity (Wildman–Crippen MR) is 137 cm³/mol. The number of hydrogen-bond donors (Lipinski definition) is 1. The van der Waals surface area contributed by atoms with Gasteiger partial charge in [-0.25, -0.2) is 4.98 Å². The number of phenolic OH excluding ortho intramolecular Hbond substituents is 1. The second kappa shape index (κ2) is 9.25. The third-order valence-electron chi connectivity index (χ3n) is 5.67. The summed E-state index contributed by atoms with van der Waals surface area (Å²) in [4.78, 5) is 7.12. The molecule has 1 N–H and O–H groups in total. The highest BCUT2D eigenvalue weighted by atomic mass is 79.9. The van der Waals surface area contributed by atoms with Gasteiger partial charge in [-0.15, -0.1) is 0 Å². The van der Waals surface area contributed by atoms with Crippen molar-refractivity contribution in [1.29, 1.82) is 0 Å². The van der Waals surface area contributed by atoms with Crippen LogP contribution in [-0.4, -0.2) is 36.6 Å². The molecule has 0 spiro atoms. The van der Waals surface area contributed by atoms with Crippen molar-refractivity contribution in [3.05, 3.63) is 82.5 Å². The number of imidazole rings is 1. The topological polar surface area (TPSA) is 41.3 Å². The van der Waals surface area contributed by atoms with Gasteiger partial charge in [-0.2, -0.15) is 0 Å². The number of nitrogens with zero attached hydrogens (tertiary/aromatic N) is 3. The normalized spacial score (nSPS) is 11.0. The van der Waals surface area contributed by atoms with E-state index in [-0.39, 0.29) is 5.75 Å². The summed E-state index contributed by atoms with van der Waals surface area (Å²) in [5, 5.41) is 10.1. The molecule has 0 aliphatic heterocycles. The number of halogens is 1. The maximum atomic E-state index is 10.1. The van der Waals surface area contributed by atoms with E-state index in [2.05, 4.69) is 73.9 Å². The van der Waals surface area contributed by atoms with Gasteiger partial charge < -0.3 is 14.6 Å². The van der Waals surface area contributed by atoms with Crippen LogP contribution in [0.1, 0.15) is 11.3 Å². The fourth-order valence-corrected chi connectivity index (χ4v) is 4.40. The number of aryl methyl sites for hydroxylation is 2. The quantitative estimate of drug-likeness (QED) is 0.396. The van der Waals surface area contributed by atoms with Crippen LogP contribution in [0.3, 0.4) is 0 Å². The Morgan fingerprint density at radius 3 is 2.28 bits per heavy atom. The van der Waals surface area contributed by atoms with Crippen molar-refractivity contribution in [1.82, 2.24) is 9.55 Å². The largest absolute Gasteiger partial charge is 0.507 e. The molecule has 4 rings (SSSR count). The summed E-state index contributed by atoms with van der Waals surface area (Å²) in [6.45, 7) is 0. The van der Waals surface area contributed by atoms with Gasteiger partial charge in [-0.1, -0.05) is 54.0 Å². The van der Waals surface area contributed by atoms with Crippen molar-refractivity contribution in [2.45, 2.75) is 12.8 Å². The fourth-order valence-electron chi connectivity index (χ4n) is 3.92. The number of rotatable bonds is 6. The molecular weight excluding hydrogens is 461 g/mol. The van der Waals surface area contributed by atoms with Gasteiger partial charge in [0.15, 0.2) is 0 Å². The number of aromatic hydroxyl groups is 1. The molecule has 32 heavy (non-hydrogen) atoms. The van der Waals surface area contributed by atoms with E-state index in [1.165, 1.54) is 5.56 Å². The summed E-state index contributed by atoms with van der Waals surface area (Å²) in [5.74, 6) is 0.860. The summed E-state index contributed by atoms with van der Waals surface area (Å²) < 4.78 is 2.67. The summed E-state index contributed by atoms with van der Waals surface area (Å²) in [5.41, 5.74) is 6.84. The second-order valence-corrected chi connectivity index (χ2v) is 8.97. The molecule has 0 fully saturated rings. The van der Waals surface area contributed by atoms with Gasteiger partial charge in [0, 0.05) is 38.0 Å². The Labute approximate surface area is 199 Å². The molecule has 0 aliphatic rings. The molecule has 0 bridgehead atoms. The first-order chi connectivity index (χ1) is 15.3. The van der Waals surface area contributed by atoms with Crippen molar-refractivity contribution in [2.75, 3.05) is 19.0 Å². The van der Waals surface area contributed by atoms with Gasteiger partial charge in [0.1, 0.15) is 19.4 Å². The summed E-state index contributed by atoms with van der Waals surface area (Å²) in [7, 11) is 12.1. The number of aromatic nitrogens is 2. The predicted octanol–water partition coefficient (Wildman–Crippen LogP) is 4.87. The van der Waals surface area contributed by atoms with Gasteiger partial charge in [0.25, 0.3) is 0 Å². The SMILES string of the molecule is [B]c1cc(-c2nc(CCc3ccccc3)c(-c3ccc(N(C)C)cc3)n2C)cc(Br)c1O. The first-order valence-electron chi connectivity index (χ1n) is 10.5. The van der Waals surface area contributed by atoms with E-state index in [0.717, 1.165) is 46.9 Å². The Hall–Kier alpha value is -2.99. The molecule has 0 aliphatic carbocycles. The minimum absolute atomic E-state index is 0.0479. The minimum atomic E-state index is 0.0479. The average molecular weight is 486 g/mol. The zero-order chi connectivity index (χ0) is 22.8. The number of anilines is 1. The van der Waals surface area contributed by atoms with Gasteiger partial charge >= 0.3 is 0 Å². The van der Waals surface area contributed by atoms with Crippen LogP contribution in [0.25, 0.3) is 22.6 Å². The molecule has 0 saturated carbocycles. The lowest BCUT2D eigenvalue weighted by Gasteiger charge is -2.14. The van der Waals surface area contributed by atoms with Crippen LogP contribution in [0.4, 0.5) is 5.69 Å². The fraction of sp³-hybridized carbons (Fsp3) is 0.192. The Morgan fingerprint density at radius 2 is 1.66 bits per heavy atom. The molecule has 0 saturated heterocycles. The molecule has 4 nitrogen and oxygen atoms in total. The smallest absolute Gasteiger partial charge is 0.140 e. The Morgan fingerprint density at radius 1 is 0.969 bits per heavy atom. The molecule has 1 aromatic heterocycles. The first-order valence-corrected chi connectivity index (χ1v) is 11.3. The second-order valence-electron chi connectivity index (χ2n) is 8.11. The Balaban J connectivity index is 1.80. The van der Waals surface area contributed by atoms with E-state index in [9.17, 15) is 5.11 Å². The summed E-state index contributed by atoms with van der Waals surface area (Å²) in [6.07, 6.45) is 1.72. The van der Waals surface area contributed by atoms with E-state index < -0.39 is 0 Å². The summed E-state index contributed by atoms with van der Waals surface area (Å²) in [6, 6.07) is 22.6. The molecule has 0 atom stereocenters. The van der Waals surface area contributed by atoms with Gasteiger partial charge in [-0.3, -0.25) is 0 Å². The number of phenols is 1. The molecule has 1 heterocycles. The summed E-state index contributed by atoms with van der Waals surface area (Å²) >= 11 is 3.40. The van der Waals surface area contributed by atoms with Crippen LogP contribution in [0, 0.1) is 0 Å². The van der Waals surface area contributed by atoms with Crippen molar-refractivity contribution in [3.63, 3.8) is 0 Å². The van der Waals surface area contributed by atoms with Gasteiger partial charge in [-0.05, 0) is 52.5 Å². The zero-order valence-corrected chi connectivity index (χ0v) is 20.1. The van der Waals surface area contributed by atoms with Crippen molar-refractivity contribution >= 4 is 34.9 Å². The Kier molecular flexibility index (Phi) is 6.42. The van der Waals surface area contributed by atoms with Crippen LogP contribution in [0.15, 0.2) is 71.2 Å². The maximum absolute atomic E-state index is 10.1. The van der Waals surface area contributed by atoms with Crippen molar-refractivity contribution in [3.8, 4) is 28.4 Å². The lowest BCUT2D eigenvalue weighted by Crippen LogP contribution is -2.08. The highest BCUT2D eigenvalue weighted by molar-refractivity contribution is 9.10. The molecule has 0 amide bonds. The van der Waals surface area contributed by atoms with Crippen LogP contribution in [-0.2, 0) is 19.9 Å². The lowest BCUT2D eigenvalue weighted by atomic mass is 9.93. The van der Waals surface area contributed by atoms with Crippen molar-refractivity contribution in [2.24, 2.45) is 7.05 Å². The maximum Gasteiger partial charge on any atom is 0.140 e. The van der Waals surface area contributed by atoms with Crippen LogP contribution >= 0.6 is 15.9 Å². The minimum Gasteiger partial charge on any atom is -0.507 e. The number of hydrogen-bond acceptors (Lipinski definition) is 3. The highest BCUT2D eigenvalue weighted by Crippen LogP contribution is 2.33. The van der Waals surface area contributed by atoms with E-state index >= 15 is 0 Å². The monoisotopic (exact) mass is 485 g/mol. The number of benzene rings is 3. The lowest BCUT2D eigenvalue weighted by molar-refractivity contribution is 0.476. The average Bonchev–Trinajstić information content (AvgIpc) is 3.12. The standard InChI is InChI=1S/C26H25BBrN3O/c1-30(2)20-12-10-18(11-13-20)24-23(14-9-17-7-5-4-6-8-17)29-26(31(24)3)19-15-21(27)25(32)22(28)16-19/h4-8,10-13,15-16,32H,9,14H2,1-3H3. The van der Waals surface area contributed by atoms with Crippen LogP contribution in [0.5, 0.6) is 5.75 Å². The molecule has 4 aromatic rings. The molecular formula is C26H25BBrN3O. The van der Waals surface area contributed by atoms with Crippen LogP contribution < -0.4 is 10.4 Å². The molecule has 3 aromatic carbocycles. The van der Waals surface area contributed by atoms with Crippen LogP contribution in [0.2, 0.25) is 0 Å². The molecule has 2 radical (unpaired) electrons. The molecule has 6 heteroatoms. The van der Waals surface area contributed by atoms with E-state index in [0.29, 0.717) is 9.94 Å². The molecule has 160 valence electrons. The zero-order valence-electron chi connectivity index (χ0n) is 18.5. The van der Waals surface area contributed by atoms with Gasteiger partial charge in [0.2, 0.25) is 0 Å². The Bertz CT molecular complexity index is 1210. The van der Waals surface area contributed by atoms with E-state index in [4.69, 9.17) is 12.8 Å².